The van der Waals surface area contributed by atoms with Crippen LogP contribution in [0.25, 0.3) is 0 Å². The van der Waals surface area contributed by atoms with Gasteiger partial charge in [-0.1, -0.05) is 11.6 Å². The lowest BCUT2D eigenvalue weighted by atomic mass is 10.0. The van der Waals surface area contributed by atoms with Gasteiger partial charge in [0.1, 0.15) is 5.75 Å². The van der Waals surface area contributed by atoms with E-state index in [1.54, 1.807) is 24.3 Å². The maximum Gasteiger partial charge on any atom is 0.260 e. The first-order valence-electron chi connectivity index (χ1n) is 6.58. The summed E-state index contributed by atoms with van der Waals surface area (Å²) in [4.78, 5) is 14.0. The largest absolute Gasteiger partial charge is 0.484 e. The fourth-order valence-electron chi connectivity index (χ4n) is 2.33. The zero-order chi connectivity index (χ0) is 13.7. The van der Waals surface area contributed by atoms with Gasteiger partial charge in [0.15, 0.2) is 6.61 Å². The van der Waals surface area contributed by atoms with Crippen molar-refractivity contribution in [1.82, 2.24) is 4.90 Å². The first kappa shape index (κ1) is 14.2. The molecule has 1 saturated heterocycles. The molecule has 0 bridgehead atoms. The second kappa shape index (κ2) is 6.78. The highest BCUT2D eigenvalue weighted by Crippen LogP contribution is 2.18. The Labute approximate surface area is 118 Å². The molecule has 2 N–H and O–H groups in total. The zero-order valence-corrected chi connectivity index (χ0v) is 11.6. The van der Waals surface area contributed by atoms with Gasteiger partial charge in [-0.2, -0.15) is 0 Å². The van der Waals surface area contributed by atoms with E-state index in [1.807, 2.05) is 4.90 Å². The van der Waals surface area contributed by atoms with Gasteiger partial charge in [0.25, 0.3) is 5.91 Å². The number of rotatable bonds is 4. The number of carbonyl (C=O) groups excluding carboxylic acids is 1. The standard InChI is InChI=1S/C14H19ClN2O2/c15-11-4-6-13(7-5-11)19-10-14(18)17-8-2-1-3-12(17)9-16/h4-7,12H,1-3,8-10,16H2. The number of ether oxygens (including phenoxy) is 1. The van der Waals surface area contributed by atoms with Gasteiger partial charge in [-0.05, 0) is 43.5 Å². The molecule has 0 radical (unpaired) electrons. The van der Waals surface area contributed by atoms with Crippen molar-refractivity contribution in [3.63, 3.8) is 0 Å². The van der Waals surface area contributed by atoms with Crippen molar-refractivity contribution >= 4 is 17.5 Å². The van der Waals surface area contributed by atoms with Crippen LogP contribution in [-0.4, -0.2) is 36.5 Å². The monoisotopic (exact) mass is 282 g/mol. The van der Waals surface area contributed by atoms with Crippen LogP contribution in [0.15, 0.2) is 24.3 Å². The molecule has 0 aromatic heterocycles. The second-order valence-electron chi connectivity index (χ2n) is 4.72. The van der Waals surface area contributed by atoms with E-state index in [-0.39, 0.29) is 18.6 Å². The molecule has 1 atom stereocenters. The minimum Gasteiger partial charge on any atom is -0.484 e. The fraction of sp³-hybridized carbons (Fsp3) is 0.500. The molecule has 1 aliphatic heterocycles. The summed E-state index contributed by atoms with van der Waals surface area (Å²) in [5, 5.41) is 0.651. The number of nitrogens with two attached hydrogens (primary N) is 1. The number of carbonyl (C=O) groups is 1. The maximum atomic E-state index is 12.1. The molecule has 0 aliphatic carbocycles. The van der Waals surface area contributed by atoms with Crippen molar-refractivity contribution in [3.05, 3.63) is 29.3 Å². The molecule has 1 heterocycles. The number of likely N-dealkylation sites (tertiary alicyclic amines) is 1. The van der Waals surface area contributed by atoms with Crippen LogP contribution in [0, 0.1) is 0 Å². The maximum absolute atomic E-state index is 12.1. The summed E-state index contributed by atoms with van der Waals surface area (Å²) in [5.74, 6) is 0.657. The van der Waals surface area contributed by atoms with Gasteiger partial charge in [0.2, 0.25) is 0 Å². The van der Waals surface area contributed by atoms with E-state index in [2.05, 4.69) is 0 Å². The molecule has 0 spiro atoms. The van der Waals surface area contributed by atoms with Crippen LogP contribution < -0.4 is 10.5 Å². The van der Waals surface area contributed by atoms with Crippen molar-refractivity contribution in [1.29, 1.82) is 0 Å². The van der Waals surface area contributed by atoms with Gasteiger partial charge in [0, 0.05) is 24.2 Å². The minimum atomic E-state index is 0.00472. The lowest BCUT2D eigenvalue weighted by Crippen LogP contribution is -2.49. The van der Waals surface area contributed by atoms with Crippen molar-refractivity contribution in [2.24, 2.45) is 5.73 Å². The molecular weight excluding hydrogens is 264 g/mol. The summed E-state index contributed by atoms with van der Waals surface area (Å²) in [6.45, 7) is 1.36. The predicted molar refractivity (Wildman–Crippen MR) is 75.4 cm³/mol. The summed E-state index contributed by atoms with van der Waals surface area (Å²) in [6, 6.07) is 7.16. The number of halogens is 1. The topological polar surface area (TPSA) is 55.6 Å². The molecule has 1 amide bonds. The fourth-order valence-corrected chi connectivity index (χ4v) is 2.46. The van der Waals surface area contributed by atoms with Gasteiger partial charge in [0.05, 0.1) is 0 Å². The molecule has 4 nitrogen and oxygen atoms in total. The Morgan fingerprint density at radius 2 is 2.11 bits per heavy atom. The van der Waals surface area contributed by atoms with E-state index in [0.29, 0.717) is 17.3 Å². The highest BCUT2D eigenvalue weighted by atomic mass is 35.5. The number of nitrogens with zero attached hydrogens (tertiary/aromatic N) is 1. The van der Waals surface area contributed by atoms with E-state index in [1.165, 1.54) is 0 Å². The molecule has 1 aromatic rings. The third-order valence-corrected chi connectivity index (χ3v) is 3.65. The molecule has 19 heavy (non-hydrogen) atoms. The van der Waals surface area contributed by atoms with Gasteiger partial charge < -0.3 is 15.4 Å². The summed E-state index contributed by atoms with van der Waals surface area (Å²) >= 11 is 5.79. The molecule has 2 rings (SSSR count). The van der Waals surface area contributed by atoms with Gasteiger partial charge in [-0.3, -0.25) is 4.79 Å². The lowest BCUT2D eigenvalue weighted by molar-refractivity contribution is -0.136. The number of piperidine rings is 1. The zero-order valence-electron chi connectivity index (χ0n) is 10.8. The summed E-state index contributed by atoms with van der Waals surface area (Å²) in [6.07, 6.45) is 3.18. The smallest absolute Gasteiger partial charge is 0.260 e. The molecule has 1 aliphatic rings. The predicted octanol–water partition coefficient (Wildman–Crippen LogP) is 2.06. The summed E-state index contributed by atoms with van der Waals surface area (Å²) in [5.41, 5.74) is 5.71. The van der Waals surface area contributed by atoms with Crippen LogP contribution in [-0.2, 0) is 4.79 Å². The minimum absolute atomic E-state index is 0.00472. The molecule has 1 aromatic carbocycles. The van der Waals surface area contributed by atoms with Crippen molar-refractivity contribution in [2.75, 3.05) is 19.7 Å². The van der Waals surface area contributed by atoms with Gasteiger partial charge in [-0.15, -0.1) is 0 Å². The molecule has 1 fully saturated rings. The lowest BCUT2D eigenvalue weighted by Gasteiger charge is -2.34. The van der Waals surface area contributed by atoms with E-state index in [9.17, 15) is 4.79 Å². The molecular formula is C14H19ClN2O2. The third-order valence-electron chi connectivity index (χ3n) is 3.40. The van der Waals surface area contributed by atoms with Crippen molar-refractivity contribution in [2.45, 2.75) is 25.3 Å². The van der Waals surface area contributed by atoms with Crippen LogP contribution in [0.2, 0.25) is 5.02 Å². The SMILES string of the molecule is NCC1CCCCN1C(=O)COc1ccc(Cl)cc1. The van der Waals surface area contributed by atoms with Crippen LogP contribution in [0.1, 0.15) is 19.3 Å². The summed E-state index contributed by atoms with van der Waals surface area (Å²) < 4.78 is 5.48. The molecule has 0 saturated carbocycles. The van der Waals surface area contributed by atoms with Crippen LogP contribution in [0.3, 0.4) is 0 Å². The Morgan fingerprint density at radius 3 is 2.79 bits per heavy atom. The van der Waals surface area contributed by atoms with E-state index >= 15 is 0 Å². The first-order valence-corrected chi connectivity index (χ1v) is 6.96. The average molecular weight is 283 g/mol. The number of hydrogen-bond donors (Lipinski definition) is 1. The average Bonchev–Trinajstić information content (AvgIpc) is 2.46. The Balaban J connectivity index is 1.87. The molecule has 1 unspecified atom stereocenters. The van der Waals surface area contributed by atoms with Crippen molar-refractivity contribution < 1.29 is 9.53 Å². The van der Waals surface area contributed by atoms with Gasteiger partial charge in [-0.25, -0.2) is 0 Å². The Bertz CT molecular complexity index is 422. The highest BCUT2D eigenvalue weighted by molar-refractivity contribution is 6.30. The highest BCUT2D eigenvalue weighted by Gasteiger charge is 2.25. The van der Waals surface area contributed by atoms with E-state index in [4.69, 9.17) is 22.1 Å². The number of amides is 1. The number of hydrogen-bond acceptors (Lipinski definition) is 3. The van der Waals surface area contributed by atoms with Crippen molar-refractivity contribution in [3.8, 4) is 5.75 Å². The second-order valence-corrected chi connectivity index (χ2v) is 5.15. The number of benzene rings is 1. The quantitative estimate of drug-likeness (QED) is 0.920. The molecule has 5 heteroatoms. The van der Waals surface area contributed by atoms with Gasteiger partial charge >= 0.3 is 0 Å². The Kier molecular flexibility index (Phi) is 5.05. The van der Waals surface area contributed by atoms with Crippen LogP contribution >= 0.6 is 11.6 Å². The Hall–Kier alpha value is -1.26. The van der Waals surface area contributed by atoms with E-state index < -0.39 is 0 Å². The van der Waals surface area contributed by atoms with Crippen LogP contribution in [0.4, 0.5) is 0 Å². The van der Waals surface area contributed by atoms with E-state index in [0.717, 1.165) is 25.8 Å². The summed E-state index contributed by atoms with van der Waals surface area (Å²) in [7, 11) is 0. The van der Waals surface area contributed by atoms with Crippen LogP contribution in [0.5, 0.6) is 5.75 Å². The Morgan fingerprint density at radius 1 is 1.37 bits per heavy atom. The first-order chi connectivity index (χ1) is 9.20. The molecule has 104 valence electrons. The third kappa shape index (κ3) is 3.85. The normalized spacial score (nSPS) is 19.3.